The third-order valence-electron chi connectivity index (χ3n) is 3.94. The van der Waals surface area contributed by atoms with Crippen molar-refractivity contribution in [1.29, 1.82) is 0 Å². The van der Waals surface area contributed by atoms with Crippen LogP contribution in [0.3, 0.4) is 0 Å². The van der Waals surface area contributed by atoms with Crippen molar-refractivity contribution in [1.82, 2.24) is 4.57 Å². The number of benzene rings is 2. The predicted octanol–water partition coefficient (Wildman–Crippen LogP) is 4.66. The van der Waals surface area contributed by atoms with Gasteiger partial charge in [-0.15, -0.1) is 24.2 Å². The molecule has 0 aliphatic heterocycles. The first-order chi connectivity index (χ1) is 11.2. The zero-order chi connectivity index (χ0) is 16.2. The lowest BCUT2D eigenvalue weighted by Crippen LogP contribution is -2.10. The van der Waals surface area contributed by atoms with Crippen LogP contribution in [0.2, 0.25) is 0 Å². The second-order valence-corrected chi connectivity index (χ2v) is 6.70. The van der Waals surface area contributed by atoms with Crippen LogP contribution < -0.4 is 5.73 Å². The van der Waals surface area contributed by atoms with Gasteiger partial charge in [-0.1, -0.05) is 48.5 Å². The summed E-state index contributed by atoms with van der Waals surface area (Å²) in [5.74, 6) is 0.929. The van der Waals surface area contributed by atoms with Gasteiger partial charge < -0.3 is 5.73 Å². The average Bonchev–Trinajstić information content (AvgIpc) is 2.97. The number of fused-ring (bicyclic) bond motifs is 1. The molecule has 0 radical (unpaired) electrons. The maximum absolute atomic E-state index is 11.9. The lowest BCUT2D eigenvalue weighted by atomic mass is 10.1. The van der Waals surface area contributed by atoms with Crippen LogP contribution in [0.1, 0.15) is 28.1 Å². The SMILES string of the molecule is CC(=O)n1cc(C(CN)SCc2ccccc2)c2ccccc21.Cl. The van der Waals surface area contributed by atoms with E-state index >= 15 is 0 Å². The van der Waals surface area contributed by atoms with Crippen LogP contribution >= 0.6 is 24.2 Å². The van der Waals surface area contributed by atoms with E-state index in [1.54, 1.807) is 11.5 Å². The molecule has 1 heterocycles. The third kappa shape index (κ3) is 3.83. The molecule has 1 unspecified atom stereocenters. The topological polar surface area (TPSA) is 48.0 Å². The van der Waals surface area contributed by atoms with Gasteiger partial charge in [0.25, 0.3) is 0 Å². The summed E-state index contributed by atoms with van der Waals surface area (Å²) in [4.78, 5) is 11.9. The van der Waals surface area contributed by atoms with Gasteiger partial charge in [0.1, 0.15) is 0 Å². The summed E-state index contributed by atoms with van der Waals surface area (Å²) in [7, 11) is 0. The van der Waals surface area contributed by atoms with Crippen LogP contribution in [0.15, 0.2) is 60.8 Å². The van der Waals surface area contributed by atoms with E-state index < -0.39 is 0 Å². The lowest BCUT2D eigenvalue weighted by Gasteiger charge is -2.14. The molecule has 0 bridgehead atoms. The van der Waals surface area contributed by atoms with Crippen molar-refractivity contribution >= 4 is 41.0 Å². The van der Waals surface area contributed by atoms with E-state index in [4.69, 9.17) is 5.73 Å². The Bertz CT molecular complexity index is 817. The van der Waals surface area contributed by atoms with Gasteiger partial charge in [0.05, 0.1) is 5.52 Å². The molecular formula is C19H21ClN2OS. The first kappa shape index (κ1) is 18.6. The van der Waals surface area contributed by atoms with E-state index in [2.05, 4.69) is 30.3 Å². The number of hydrogen-bond donors (Lipinski definition) is 1. The molecule has 0 aliphatic rings. The molecule has 0 aliphatic carbocycles. The summed E-state index contributed by atoms with van der Waals surface area (Å²) >= 11 is 1.82. The number of aromatic nitrogens is 1. The molecule has 2 N–H and O–H groups in total. The summed E-state index contributed by atoms with van der Waals surface area (Å²) in [5.41, 5.74) is 9.40. The van der Waals surface area contributed by atoms with Crippen LogP contribution in [-0.2, 0) is 5.75 Å². The number of hydrogen-bond acceptors (Lipinski definition) is 3. The minimum atomic E-state index is 0. The van der Waals surface area contributed by atoms with Crippen molar-refractivity contribution in [2.45, 2.75) is 17.9 Å². The Hall–Kier alpha value is -1.75. The summed E-state index contributed by atoms with van der Waals surface area (Å²) < 4.78 is 1.72. The number of carbonyl (C=O) groups is 1. The molecule has 0 spiro atoms. The number of nitrogens with zero attached hydrogens (tertiary/aromatic N) is 1. The minimum Gasteiger partial charge on any atom is -0.329 e. The van der Waals surface area contributed by atoms with Crippen molar-refractivity contribution in [2.24, 2.45) is 5.73 Å². The van der Waals surface area contributed by atoms with Crippen molar-refractivity contribution in [3.63, 3.8) is 0 Å². The molecule has 5 heteroatoms. The van der Waals surface area contributed by atoms with Gasteiger partial charge in [0.2, 0.25) is 5.91 Å². The zero-order valence-corrected chi connectivity index (χ0v) is 15.1. The number of carbonyl (C=O) groups excluding carboxylic acids is 1. The number of rotatable bonds is 5. The fourth-order valence-electron chi connectivity index (χ4n) is 2.78. The van der Waals surface area contributed by atoms with Crippen molar-refractivity contribution in [3.05, 3.63) is 71.9 Å². The fraction of sp³-hybridized carbons (Fsp3) is 0.211. The monoisotopic (exact) mass is 360 g/mol. The maximum atomic E-state index is 11.9. The van der Waals surface area contributed by atoms with Crippen LogP contribution in [0.25, 0.3) is 10.9 Å². The fourth-order valence-corrected chi connectivity index (χ4v) is 3.87. The molecule has 0 saturated heterocycles. The third-order valence-corrected chi connectivity index (χ3v) is 5.29. The second-order valence-electron chi connectivity index (χ2n) is 5.51. The summed E-state index contributed by atoms with van der Waals surface area (Å²) in [5, 5.41) is 1.28. The number of para-hydroxylation sites is 1. The van der Waals surface area contributed by atoms with E-state index in [0.29, 0.717) is 6.54 Å². The second kappa shape index (κ2) is 8.38. The van der Waals surface area contributed by atoms with Crippen molar-refractivity contribution in [3.8, 4) is 0 Å². The number of thioether (sulfide) groups is 1. The molecule has 3 aromatic rings. The molecule has 3 nitrogen and oxygen atoms in total. The molecular weight excluding hydrogens is 340 g/mol. The van der Waals surface area contributed by atoms with Crippen LogP contribution in [-0.4, -0.2) is 17.0 Å². The molecule has 0 saturated carbocycles. The normalized spacial score (nSPS) is 11.9. The van der Waals surface area contributed by atoms with E-state index in [9.17, 15) is 4.79 Å². The summed E-state index contributed by atoms with van der Waals surface area (Å²) in [6.45, 7) is 2.13. The summed E-state index contributed by atoms with van der Waals surface area (Å²) in [6, 6.07) is 18.4. The maximum Gasteiger partial charge on any atom is 0.227 e. The largest absolute Gasteiger partial charge is 0.329 e. The summed E-state index contributed by atoms with van der Waals surface area (Å²) in [6.07, 6.45) is 1.95. The highest BCUT2D eigenvalue weighted by Gasteiger charge is 2.18. The lowest BCUT2D eigenvalue weighted by molar-refractivity contribution is 0.0941. The molecule has 1 aromatic heterocycles. The predicted molar refractivity (Wildman–Crippen MR) is 105 cm³/mol. The Morgan fingerprint density at radius 2 is 1.79 bits per heavy atom. The molecule has 126 valence electrons. The Morgan fingerprint density at radius 3 is 2.46 bits per heavy atom. The van der Waals surface area contributed by atoms with E-state index in [1.165, 1.54) is 5.56 Å². The van der Waals surface area contributed by atoms with Crippen LogP contribution in [0, 0.1) is 0 Å². The average molecular weight is 361 g/mol. The van der Waals surface area contributed by atoms with Gasteiger partial charge in [-0.2, -0.15) is 0 Å². The molecule has 3 rings (SSSR count). The Balaban J connectivity index is 0.00000208. The standard InChI is InChI=1S/C19H20N2OS.ClH/c1-14(22)21-12-17(16-9-5-6-10-18(16)21)19(11-20)23-13-15-7-3-2-4-8-15;/h2-10,12,19H,11,13,20H2,1H3;1H. The van der Waals surface area contributed by atoms with Gasteiger partial charge in [0, 0.05) is 36.1 Å². The molecule has 0 amide bonds. The highest BCUT2D eigenvalue weighted by atomic mass is 35.5. The smallest absolute Gasteiger partial charge is 0.227 e. The van der Waals surface area contributed by atoms with Gasteiger partial charge in [-0.3, -0.25) is 9.36 Å². The van der Waals surface area contributed by atoms with E-state index in [1.807, 2.05) is 42.2 Å². The Kier molecular flexibility index (Phi) is 6.49. The highest BCUT2D eigenvalue weighted by molar-refractivity contribution is 7.98. The van der Waals surface area contributed by atoms with Gasteiger partial charge >= 0.3 is 0 Å². The van der Waals surface area contributed by atoms with Crippen molar-refractivity contribution < 1.29 is 4.79 Å². The quantitative estimate of drug-likeness (QED) is 0.720. The van der Waals surface area contributed by atoms with Crippen LogP contribution in [0.5, 0.6) is 0 Å². The van der Waals surface area contributed by atoms with Crippen LogP contribution in [0.4, 0.5) is 0 Å². The van der Waals surface area contributed by atoms with E-state index in [0.717, 1.165) is 22.2 Å². The van der Waals surface area contributed by atoms with Gasteiger partial charge in [-0.05, 0) is 17.2 Å². The number of halogens is 1. The molecule has 1 atom stereocenters. The first-order valence-corrected chi connectivity index (χ1v) is 8.72. The molecule has 24 heavy (non-hydrogen) atoms. The molecule has 0 fully saturated rings. The number of nitrogens with two attached hydrogens (primary N) is 1. The van der Waals surface area contributed by atoms with E-state index in [-0.39, 0.29) is 23.6 Å². The Labute approximate surface area is 152 Å². The molecule has 2 aromatic carbocycles. The first-order valence-electron chi connectivity index (χ1n) is 7.67. The Morgan fingerprint density at radius 1 is 1.12 bits per heavy atom. The minimum absolute atomic E-state index is 0. The van der Waals surface area contributed by atoms with Crippen molar-refractivity contribution in [2.75, 3.05) is 6.54 Å². The highest BCUT2D eigenvalue weighted by Crippen LogP contribution is 2.36. The zero-order valence-electron chi connectivity index (χ0n) is 13.5. The van der Waals surface area contributed by atoms with Gasteiger partial charge in [-0.25, -0.2) is 0 Å². The van der Waals surface area contributed by atoms with Gasteiger partial charge in [0.15, 0.2) is 0 Å².